The van der Waals surface area contributed by atoms with Crippen LogP contribution < -0.4 is 21.3 Å². The van der Waals surface area contributed by atoms with Gasteiger partial charge >= 0.3 is 0 Å². The Hall–Kier alpha value is -7.42. The third-order valence-corrected chi connectivity index (χ3v) is 6.84. The number of hydrogen-bond acceptors (Lipinski definition) is 9. The predicted molar refractivity (Wildman–Crippen MR) is 179 cm³/mol. The zero-order valence-corrected chi connectivity index (χ0v) is 25.1. The molecule has 0 fully saturated rings. The fraction of sp³-hybridized carbons (Fsp3) is 0. The second kappa shape index (κ2) is 14.3. The molecule has 0 aromatic heterocycles. The fourth-order valence-electron chi connectivity index (χ4n) is 4.56. The molecule has 15 nitrogen and oxygen atoms in total. The van der Waals surface area contributed by atoms with Gasteiger partial charge in [0.15, 0.2) is 0 Å². The first-order valence-corrected chi connectivity index (χ1v) is 14.2. The molecule has 0 bridgehead atoms. The number of anilines is 4. The minimum Gasteiger partial charge on any atom is -0.508 e. The van der Waals surface area contributed by atoms with Gasteiger partial charge in [-0.05, 0) is 66.7 Å². The van der Waals surface area contributed by atoms with E-state index in [1.165, 1.54) is 54.6 Å². The molecule has 0 aliphatic heterocycles. The van der Waals surface area contributed by atoms with Crippen molar-refractivity contribution in [2.24, 2.45) is 0 Å². The first kappa shape index (κ1) is 33.0. The number of nitro benzene ring substituents is 2. The first-order valence-electron chi connectivity index (χ1n) is 14.2. The second-order valence-corrected chi connectivity index (χ2v) is 10.4. The summed E-state index contributed by atoms with van der Waals surface area (Å²) in [6.45, 7) is 0. The molecule has 0 unspecified atom stereocenters. The summed E-state index contributed by atoms with van der Waals surface area (Å²) in [5.74, 6) is -2.94. The molecule has 0 radical (unpaired) electrons. The molecule has 5 aromatic rings. The van der Waals surface area contributed by atoms with Crippen molar-refractivity contribution in [1.29, 1.82) is 0 Å². The van der Waals surface area contributed by atoms with Crippen LogP contribution in [0.5, 0.6) is 5.75 Å². The number of amides is 4. The van der Waals surface area contributed by atoms with Crippen LogP contribution in [-0.4, -0.2) is 38.6 Å². The number of hydrogen-bond donors (Lipinski definition) is 5. The largest absolute Gasteiger partial charge is 0.508 e. The fourth-order valence-corrected chi connectivity index (χ4v) is 4.56. The van der Waals surface area contributed by atoms with Crippen LogP contribution in [0.15, 0.2) is 115 Å². The average Bonchev–Trinajstić information content (AvgIpc) is 3.08. The lowest BCUT2D eigenvalue weighted by Gasteiger charge is -2.11. The van der Waals surface area contributed by atoms with Crippen LogP contribution in [0.4, 0.5) is 34.1 Å². The van der Waals surface area contributed by atoms with Gasteiger partial charge in [-0.15, -0.1) is 0 Å². The van der Waals surface area contributed by atoms with Crippen LogP contribution in [-0.2, 0) is 0 Å². The molecular weight excluding hydrogens is 636 g/mol. The van der Waals surface area contributed by atoms with E-state index in [2.05, 4.69) is 21.3 Å². The van der Waals surface area contributed by atoms with Crippen LogP contribution >= 0.6 is 0 Å². The predicted octanol–water partition coefficient (Wildman–Crippen LogP) is 6.22. The number of nitrogens with zero attached hydrogens (tertiary/aromatic N) is 2. The SMILES string of the molecule is O=C(Nc1cccc(NC(=O)c2cccc([N+](=O)[O-])c2)c1)c1cc(O)cc(C(=O)Nc2cccc(NC(=O)c3cccc([N+](=O)[O-])c3)c2)c1. The Kier molecular flexibility index (Phi) is 9.65. The zero-order valence-electron chi connectivity index (χ0n) is 25.1. The van der Waals surface area contributed by atoms with E-state index in [-0.39, 0.29) is 62.1 Å². The minimum atomic E-state index is -0.682. The van der Waals surface area contributed by atoms with Gasteiger partial charge in [0.2, 0.25) is 0 Å². The van der Waals surface area contributed by atoms with Crippen molar-refractivity contribution in [3.63, 3.8) is 0 Å². The molecule has 0 aliphatic carbocycles. The molecule has 244 valence electrons. The topological polar surface area (TPSA) is 223 Å². The molecule has 5 rings (SSSR count). The van der Waals surface area contributed by atoms with Gasteiger partial charge in [-0.1, -0.05) is 24.3 Å². The van der Waals surface area contributed by atoms with Gasteiger partial charge < -0.3 is 26.4 Å². The smallest absolute Gasteiger partial charge is 0.270 e. The highest BCUT2D eigenvalue weighted by molar-refractivity contribution is 6.10. The van der Waals surface area contributed by atoms with Crippen LogP contribution in [0.2, 0.25) is 0 Å². The Bertz CT molecular complexity index is 2000. The summed E-state index contributed by atoms with van der Waals surface area (Å²) in [5.41, 5.74) is 0.610. The normalized spacial score (nSPS) is 10.4. The highest BCUT2D eigenvalue weighted by Crippen LogP contribution is 2.23. The number of aromatic hydroxyl groups is 1. The lowest BCUT2D eigenvalue weighted by Crippen LogP contribution is -2.16. The van der Waals surface area contributed by atoms with Crippen LogP contribution in [0.25, 0.3) is 0 Å². The number of rotatable bonds is 10. The number of non-ortho nitro benzene ring substituents is 2. The molecule has 0 aliphatic rings. The number of carbonyl (C=O) groups is 4. The van der Waals surface area contributed by atoms with E-state index in [0.29, 0.717) is 0 Å². The quantitative estimate of drug-likeness (QED) is 0.0846. The first-order chi connectivity index (χ1) is 23.4. The van der Waals surface area contributed by atoms with Gasteiger partial charge in [-0.3, -0.25) is 39.4 Å². The maximum absolute atomic E-state index is 13.1. The minimum absolute atomic E-state index is 0.0610. The summed E-state index contributed by atoms with van der Waals surface area (Å²) in [5, 5.41) is 42.8. The van der Waals surface area contributed by atoms with Gasteiger partial charge in [-0.25, -0.2) is 0 Å². The maximum atomic E-state index is 13.1. The lowest BCUT2D eigenvalue weighted by molar-refractivity contribution is -0.385. The second-order valence-electron chi connectivity index (χ2n) is 10.4. The molecular formula is C34H24N6O9. The molecule has 5 aromatic carbocycles. The summed E-state index contributed by atoms with van der Waals surface area (Å²) in [6, 6.07) is 26.2. The Balaban J connectivity index is 1.24. The molecule has 0 heterocycles. The van der Waals surface area contributed by atoms with Gasteiger partial charge in [0.05, 0.1) is 9.85 Å². The maximum Gasteiger partial charge on any atom is 0.270 e. The van der Waals surface area contributed by atoms with Crippen molar-refractivity contribution in [1.82, 2.24) is 0 Å². The summed E-state index contributed by atoms with van der Waals surface area (Å²) in [4.78, 5) is 72.3. The van der Waals surface area contributed by atoms with Crippen LogP contribution in [0.1, 0.15) is 41.4 Å². The third kappa shape index (κ3) is 8.44. The molecule has 5 N–H and O–H groups in total. The molecule has 0 saturated heterocycles. The molecule has 15 heteroatoms. The van der Waals surface area contributed by atoms with Crippen molar-refractivity contribution >= 4 is 57.8 Å². The number of carbonyl (C=O) groups excluding carboxylic acids is 4. The number of nitro groups is 2. The van der Waals surface area contributed by atoms with Gasteiger partial charge in [-0.2, -0.15) is 0 Å². The van der Waals surface area contributed by atoms with Crippen LogP contribution in [0.3, 0.4) is 0 Å². The zero-order chi connectivity index (χ0) is 35.1. The Morgan fingerprint density at radius 1 is 0.449 bits per heavy atom. The Morgan fingerprint density at radius 3 is 1.12 bits per heavy atom. The lowest BCUT2D eigenvalue weighted by atomic mass is 10.1. The third-order valence-electron chi connectivity index (χ3n) is 6.84. The van der Waals surface area contributed by atoms with Crippen LogP contribution in [0, 0.1) is 20.2 Å². The standard InChI is InChI=1S/C34H24N6O9/c41-30-16-22(33(44)37-26-9-3-7-24(18-26)35-31(42)20-5-1-11-28(14-20)39(46)47)13-23(17-30)34(45)38-27-10-4-8-25(19-27)36-32(43)21-6-2-12-29(15-21)40(48)49/h1-19,41H,(H,35,42)(H,36,43)(H,37,44)(H,38,45). The summed E-state index contributed by atoms with van der Waals surface area (Å²) >= 11 is 0. The number of nitrogens with one attached hydrogen (secondary N) is 4. The van der Waals surface area contributed by atoms with Gasteiger partial charge in [0.25, 0.3) is 35.0 Å². The monoisotopic (exact) mass is 660 g/mol. The number of benzene rings is 5. The van der Waals surface area contributed by atoms with E-state index in [4.69, 9.17) is 0 Å². The van der Waals surface area contributed by atoms with Crippen molar-refractivity contribution in [3.05, 3.63) is 158 Å². The number of phenolic OH excluding ortho intramolecular Hbond substituents is 1. The van der Waals surface area contributed by atoms with E-state index in [1.807, 2.05) is 0 Å². The number of phenols is 1. The van der Waals surface area contributed by atoms with Crippen molar-refractivity contribution in [2.75, 3.05) is 21.3 Å². The summed E-state index contributed by atoms with van der Waals surface area (Å²) in [7, 11) is 0. The highest BCUT2D eigenvalue weighted by atomic mass is 16.6. The van der Waals surface area contributed by atoms with Gasteiger partial charge in [0, 0.05) is 69.3 Å². The molecule has 0 spiro atoms. The van der Waals surface area contributed by atoms with Crippen molar-refractivity contribution in [3.8, 4) is 5.75 Å². The molecule has 49 heavy (non-hydrogen) atoms. The Morgan fingerprint density at radius 2 is 0.776 bits per heavy atom. The summed E-state index contributed by atoms with van der Waals surface area (Å²) < 4.78 is 0. The average molecular weight is 661 g/mol. The van der Waals surface area contributed by atoms with E-state index >= 15 is 0 Å². The molecule has 4 amide bonds. The van der Waals surface area contributed by atoms with E-state index in [9.17, 15) is 44.5 Å². The van der Waals surface area contributed by atoms with Gasteiger partial charge in [0.1, 0.15) is 5.75 Å². The van der Waals surface area contributed by atoms with Crippen molar-refractivity contribution < 1.29 is 34.1 Å². The Labute approximate surface area is 276 Å². The van der Waals surface area contributed by atoms with E-state index in [0.717, 1.165) is 24.3 Å². The molecule has 0 atom stereocenters. The highest BCUT2D eigenvalue weighted by Gasteiger charge is 2.16. The molecule has 0 saturated carbocycles. The van der Waals surface area contributed by atoms with E-state index < -0.39 is 33.5 Å². The van der Waals surface area contributed by atoms with Crippen molar-refractivity contribution in [2.45, 2.75) is 0 Å². The summed E-state index contributed by atoms with van der Waals surface area (Å²) in [6.07, 6.45) is 0. The van der Waals surface area contributed by atoms with E-state index in [1.54, 1.807) is 36.4 Å².